The molecule has 43 nitrogen and oxygen atoms in total. The third-order valence-corrected chi connectivity index (χ3v) is 20.2. The monoisotopic (exact) mass is 1710 g/mol. The molecule has 0 unspecified atom stereocenters. The van der Waals surface area contributed by atoms with E-state index in [2.05, 4.69) is 63.5 Å². The number of amides is 16. The van der Waals surface area contributed by atoms with E-state index in [1.54, 1.807) is 65.0 Å². The summed E-state index contributed by atoms with van der Waals surface area (Å²) >= 11 is 0. The highest BCUT2D eigenvalue weighted by atomic mass is 32.2. The molecule has 44 heteroatoms. The molecule has 16 amide bonds. The maximum absolute atomic E-state index is 15.2. The van der Waals surface area contributed by atoms with E-state index >= 15 is 19.2 Å². The molecule has 2 aromatic carbocycles. The summed E-state index contributed by atoms with van der Waals surface area (Å²) in [6.45, 7) is 14.7. The second-order valence-electron chi connectivity index (χ2n) is 32.2. The van der Waals surface area contributed by atoms with Crippen LogP contribution < -0.4 is 87.2 Å². The van der Waals surface area contributed by atoms with Gasteiger partial charge in [0.1, 0.15) is 96.9 Å². The molecule has 120 heavy (non-hydrogen) atoms. The lowest BCUT2D eigenvalue weighted by Crippen LogP contribution is -2.64. The number of carbonyl (C=O) groups excluding carboxylic acids is 18. The molecule has 2 fully saturated rings. The number of nitrogens with two attached hydrogens (primary N) is 5. The van der Waals surface area contributed by atoms with Gasteiger partial charge in [-0.15, -0.1) is 0 Å². The third kappa shape index (κ3) is 31.4. The molecule has 0 aromatic heterocycles. The van der Waals surface area contributed by atoms with Crippen LogP contribution in [0.1, 0.15) is 150 Å². The zero-order valence-corrected chi connectivity index (χ0v) is 70.3. The number of nitrogen functional groups attached to an aromatic ring is 1. The van der Waals surface area contributed by atoms with Gasteiger partial charge in [-0.1, -0.05) is 97.9 Å². The van der Waals surface area contributed by atoms with E-state index in [4.69, 9.17) is 33.4 Å². The Morgan fingerprint density at radius 2 is 1.25 bits per heavy atom. The minimum atomic E-state index is -5.47. The molecule has 0 bridgehead atoms. The SMILES string of the molecule is CC(C)C[C@H]1NC(=O)[C@H](CCC(N)=O)N(C)C(=O)[C@@H](NC(=O)[C@@H](CS(=O)(=O)O)NC(=O)[C@H](CCCN=C(N)N)NC(=O)[C@@H](CC(=O)c2ccccc2N)NC(=O)[C@@H](NC(=O)[C@H](NC(=O)[C@@H]2CCCN2C(=O)[C@H](Cc2ccccc2)NC(=O)[C@@H](C)NC=O)C(C)(C)C)C(C)(C)C)[C@@H](C)OC(=O)CN(C)C(=O)[C@H](CC(N)=O)NC(=O)[C@H]([C@@H](C)O)NC1=O. The Balaban J connectivity index is 1.83. The first-order valence-corrected chi connectivity index (χ1v) is 40.3. The van der Waals surface area contributed by atoms with Gasteiger partial charge in [-0.25, -0.2) is 0 Å². The number of benzene rings is 2. The number of hydrogen-bond donors (Lipinski definition) is 18. The molecular weight excluding hydrogens is 1590 g/mol. The number of aliphatic hydroxyl groups excluding tert-OH is 1. The average Bonchev–Trinajstić information content (AvgIpc) is 1.67. The molecule has 664 valence electrons. The summed E-state index contributed by atoms with van der Waals surface area (Å²) in [6.07, 6.45) is -7.26. The zero-order valence-electron chi connectivity index (χ0n) is 69.5. The van der Waals surface area contributed by atoms with Crippen LogP contribution in [0.4, 0.5) is 5.69 Å². The van der Waals surface area contributed by atoms with Gasteiger partial charge in [-0.3, -0.25) is 95.8 Å². The van der Waals surface area contributed by atoms with Crippen molar-refractivity contribution in [3.63, 3.8) is 0 Å². The van der Waals surface area contributed by atoms with Crippen molar-refractivity contribution >= 4 is 129 Å². The van der Waals surface area contributed by atoms with Crippen molar-refractivity contribution < 1.29 is 109 Å². The number of ketones is 1. The van der Waals surface area contributed by atoms with Gasteiger partial charge in [-0.05, 0) is 93.7 Å². The van der Waals surface area contributed by atoms with Gasteiger partial charge in [0.15, 0.2) is 11.7 Å². The van der Waals surface area contributed by atoms with Crippen LogP contribution in [0.2, 0.25) is 0 Å². The molecule has 0 radical (unpaired) electrons. The number of rotatable bonds is 36. The number of nitrogens with zero attached hydrogens (tertiary/aromatic N) is 4. The number of Topliss-reactive ketones (excluding diaryl/α,β-unsaturated/α-hetero) is 1. The number of aliphatic imine (C=N–C) groups is 1. The molecule has 15 atom stereocenters. The predicted octanol–water partition coefficient (Wildman–Crippen LogP) is -6.11. The fourth-order valence-electron chi connectivity index (χ4n) is 13.0. The van der Waals surface area contributed by atoms with Crippen molar-refractivity contribution in [2.75, 3.05) is 45.2 Å². The molecular formula is C76H116N20O23S. The summed E-state index contributed by atoms with van der Waals surface area (Å²) in [7, 11) is -3.54. The standard InChI is InChI=1S/C76H116N20O23S/c1-38(2)31-46-64(106)90-57(40(4)98)68(110)88-49(34-55(79)101)71(113)94(12)35-56(102)119-41(5)58(73(115)95(13)51(66(108)85-46)27-28-54(78)100)91-65(107)50(36-120(116,117)118)89-62(104)45(25-19-29-82-74(80)81)84-63(105)47(33-53(99)43-23-17-18-24-44(43)77)86-69(111)59(75(6,7)8)93-70(112)60(76(9,10)11)92-67(109)52-26-20-30-96(52)72(114)48(32-42-21-15-14-16-22-42)87-61(103)39(3)83-37-97/h14-18,21-24,37-41,45-52,57-60,98H,19-20,25-36,77H2,1-13H3,(H2,78,100)(H2,79,101)(H,83,97)(H,84,105)(H,85,108)(H,86,111)(H,87,103)(H,88,110)(H,89,104)(H,90,106)(H,91,107)(H,92,109)(H,93,112)(H4,80,81,82)(H,116,117,118)/t39-,40-,41-,45+,46-,47-,48+,49+,50-,51+,52+,57+,58+,59-,60+/m1/s1. The zero-order chi connectivity index (χ0) is 90.8. The molecule has 2 aliphatic rings. The minimum absolute atomic E-state index is 0.0152. The number of aliphatic hydroxyl groups is 1. The predicted molar refractivity (Wildman–Crippen MR) is 431 cm³/mol. The number of esters is 1. The number of primary amides is 2. The highest BCUT2D eigenvalue weighted by Gasteiger charge is 2.47. The summed E-state index contributed by atoms with van der Waals surface area (Å²) < 4.78 is 42.1. The van der Waals surface area contributed by atoms with Crippen LogP contribution in [-0.4, -0.2) is 276 Å². The molecule has 2 saturated heterocycles. The molecule has 2 aromatic rings. The molecule has 2 heterocycles. The van der Waals surface area contributed by atoms with Gasteiger partial charge >= 0.3 is 5.97 Å². The van der Waals surface area contributed by atoms with Crippen LogP contribution >= 0.6 is 0 Å². The number of para-hydroxylation sites is 1. The Bertz CT molecular complexity index is 4230. The number of hydrogen-bond acceptors (Lipinski definition) is 24. The molecule has 0 aliphatic carbocycles. The van der Waals surface area contributed by atoms with Crippen LogP contribution in [0.15, 0.2) is 59.6 Å². The van der Waals surface area contributed by atoms with Crippen molar-refractivity contribution in [1.82, 2.24) is 73.2 Å². The summed E-state index contributed by atoms with van der Waals surface area (Å²) in [5, 5.41) is 37.3. The van der Waals surface area contributed by atoms with Crippen LogP contribution in [0.3, 0.4) is 0 Å². The summed E-state index contributed by atoms with van der Waals surface area (Å²) in [5.41, 5.74) is 26.2. The number of nitrogens with one attached hydrogen (secondary N) is 11. The molecule has 4 rings (SSSR count). The molecule has 0 spiro atoms. The second kappa shape index (κ2) is 45.3. The third-order valence-electron chi connectivity index (χ3n) is 19.4. The van der Waals surface area contributed by atoms with Crippen molar-refractivity contribution in [2.24, 2.45) is 44.7 Å². The van der Waals surface area contributed by atoms with Crippen LogP contribution in [0, 0.1) is 16.7 Å². The van der Waals surface area contributed by atoms with Gasteiger partial charge in [0, 0.05) is 57.7 Å². The Morgan fingerprint density at radius 1 is 0.683 bits per heavy atom. The smallest absolute Gasteiger partial charge is 0.325 e. The first kappa shape index (κ1) is 100. The second-order valence-corrected chi connectivity index (χ2v) is 33.6. The number of cyclic esters (lactones) is 1. The van der Waals surface area contributed by atoms with E-state index in [0.29, 0.717) is 28.2 Å². The lowest BCUT2D eigenvalue weighted by Gasteiger charge is -2.37. The average molecular weight is 1710 g/mol. The highest BCUT2D eigenvalue weighted by molar-refractivity contribution is 7.85. The van der Waals surface area contributed by atoms with Gasteiger partial charge < -0.3 is 112 Å². The Kier molecular flexibility index (Phi) is 37.9. The van der Waals surface area contributed by atoms with E-state index in [9.17, 15) is 85.2 Å². The van der Waals surface area contributed by atoms with E-state index in [-0.39, 0.29) is 50.0 Å². The lowest BCUT2D eigenvalue weighted by atomic mass is 9.83. The molecule has 23 N–H and O–H groups in total. The number of guanidine groups is 1. The van der Waals surface area contributed by atoms with E-state index in [1.807, 2.05) is 0 Å². The summed E-state index contributed by atoms with van der Waals surface area (Å²) in [4.78, 5) is 260. The maximum Gasteiger partial charge on any atom is 0.325 e. The van der Waals surface area contributed by atoms with Crippen LogP contribution in [0.5, 0.6) is 0 Å². The van der Waals surface area contributed by atoms with E-state index in [1.165, 1.54) is 56.9 Å². The van der Waals surface area contributed by atoms with Crippen molar-refractivity contribution in [3.8, 4) is 0 Å². The van der Waals surface area contributed by atoms with Crippen molar-refractivity contribution in [1.29, 1.82) is 0 Å². The quantitative estimate of drug-likeness (QED) is 0.00441. The van der Waals surface area contributed by atoms with Gasteiger partial charge in [0.05, 0.1) is 12.5 Å². The number of likely N-dealkylation sites (tertiary alicyclic amines) is 1. The van der Waals surface area contributed by atoms with Crippen LogP contribution in [-0.2, 0) is 103 Å². The maximum atomic E-state index is 15.2. The lowest BCUT2D eigenvalue weighted by molar-refractivity contribution is -0.158. The van der Waals surface area contributed by atoms with Crippen molar-refractivity contribution in [2.45, 2.75) is 231 Å². The Hall–Kier alpha value is -12.0. The van der Waals surface area contributed by atoms with E-state index in [0.717, 1.165) is 27.9 Å². The number of anilines is 1. The first-order chi connectivity index (χ1) is 55.8. The number of likely N-dealkylation sites (N-methyl/N-ethyl adjacent to an activating group) is 2. The summed E-state index contributed by atoms with van der Waals surface area (Å²) in [5.74, 6) is -22.2. The highest BCUT2D eigenvalue weighted by Crippen LogP contribution is 2.27. The number of ether oxygens (including phenoxy) is 1. The normalized spacial score (nSPS) is 20.7. The van der Waals surface area contributed by atoms with Crippen LogP contribution in [0.25, 0.3) is 0 Å². The molecule has 2 aliphatic heterocycles. The minimum Gasteiger partial charge on any atom is -0.459 e. The molecule has 0 saturated carbocycles. The largest absolute Gasteiger partial charge is 0.459 e. The Labute approximate surface area is 694 Å². The number of carbonyl (C=O) groups is 18. The van der Waals surface area contributed by atoms with Gasteiger partial charge in [-0.2, -0.15) is 8.42 Å². The first-order valence-electron chi connectivity index (χ1n) is 38.7. The van der Waals surface area contributed by atoms with E-state index < -0.39 is 268 Å². The fraction of sp³-hybridized carbons (Fsp3) is 0.592. The van der Waals surface area contributed by atoms with Gasteiger partial charge in [0.2, 0.25) is 95.0 Å². The van der Waals surface area contributed by atoms with Gasteiger partial charge in [0.25, 0.3) is 10.1 Å². The fourth-order valence-corrected chi connectivity index (χ4v) is 13.6. The Morgan fingerprint density at radius 3 is 1.82 bits per heavy atom. The van der Waals surface area contributed by atoms with Crippen molar-refractivity contribution in [3.05, 3.63) is 65.7 Å². The summed E-state index contributed by atoms with van der Waals surface area (Å²) in [6, 6.07) is -8.79. The topological polar surface area (TPSA) is 676 Å².